The first-order chi connectivity index (χ1) is 18.8. The number of nitrogens with one attached hydrogen (secondary N) is 2. The number of Topliss-reactive ketones (excluding diaryl/α,β-unsaturated/α-hetero) is 1. The van der Waals surface area contributed by atoms with Gasteiger partial charge in [-0.2, -0.15) is 0 Å². The van der Waals surface area contributed by atoms with Gasteiger partial charge in [0.15, 0.2) is 0 Å². The first-order valence-corrected chi connectivity index (χ1v) is 15.2. The number of primary amides is 1. The fraction of sp³-hybridized carbons (Fsp3) is 0.839. The molecule has 4 rings (SSSR count). The van der Waals surface area contributed by atoms with E-state index >= 15 is 0 Å². The summed E-state index contributed by atoms with van der Waals surface area (Å²) >= 11 is 0. The van der Waals surface area contributed by atoms with E-state index in [0.717, 1.165) is 38.5 Å². The average molecular weight is 575 g/mol. The van der Waals surface area contributed by atoms with E-state index in [-0.39, 0.29) is 28.1 Å². The molecule has 10 nitrogen and oxygen atoms in total. The third kappa shape index (κ3) is 5.36. The zero-order valence-corrected chi connectivity index (χ0v) is 26.1. The van der Waals surface area contributed by atoms with Gasteiger partial charge in [0.25, 0.3) is 5.91 Å². The number of fused-ring (bicyclic) bond motifs is 1. The lowest BCUT2D eigenvalue weighted by Gasteiger charge is -2.36. The number of ether oxygens (including phenoxy) is 1. The highest BCUT2D eigenvalue weighted by Gasteiger charge is 2.85. The van der Waals surface area contributed by atoms with Gasteiger partial charge >= 0.3 is 6.09 Å². The number of hydrogen-bond acceptors (Lipinski definition) is 6. The molecule has 0 bridgehead atoms. The molecule has 0 radical (unpaired) electrons. The van der Waals surface area contributed by atoms with E-state index in [1.165, 1.54) is 0 Å². The normalized spacial score (nSPS) is 27.8. The Hall–Kier alpha value is -2.65. The molecule has 4 atom stereocenters. The summed E-state index contributed by atoms with van der Waals surface area (Å²) < 4.78 is 5.47. The number of nitrogens with two attached hydrogens (primary N) is 1. The fourth-order valence-corrected chi connectivity index (χ4v) is 8.04. The van der Waals surface area contributed by atoms with Gasteiger partial charge in [0.1, 0.15) is 17.7 Å². The Morgan fingerprint density at radius 3 is 1.98 bits per heavy atom. The van der Waals surface area contributed by atoms with Crippen molar-refractivity contribution < 1.29 is 28.7 Å². The maximum Gasteiger partial charge on any atom is 0.408 e. The number of carbonyl (C=O) groups excluding carboxylic acids is 5. The van der Waals surface area contributed by atoms with Crippen molar-refractivity contribution in [1.82, 2.24) is 15.5 Å². The number of carbonyl (C=O) groups is 5. The second kappa shape index (κ2) is 10.3. The summed E-state index contributed by atoms with van der Waals surface area (Å²) in [4.78, 5) is 67.3. The van der Waals surface area contributed by atoms with E-state index in [9.17, 15) is 24.0 Å². The van der Waals surface area contributed by atoms with Crippen molar-refractivity contribution in [3.05, 3.63) is 0 Å². The van der Waals surface area contributed by atoms with Gasteiger partial charge in [0, 0.05) is 12.0 Å². The smallest absolute Gasteiger partial charge is 0.408 e. The first kappa shape index (κ1) is 31.3. The van der Waals surface area contributed by atoms with E-state index in [4.69, 9.17) is 10.5 Å². The Morgan fingerprint density at radius 2 is 1.56 bits per heavy atom. The van der Waals surface area contributed by atoms with E-state index in [1.54, 1.807) is 25.7 Å². The molecule has 3 aliphatic carbocycles. The Labute approximate surface area is 244 Å². The summed E-state index contributed by atoms with van der Waals surface area (Å²) in [6.07, 6.45) is 6.30. The predicted molar refractivity (Wildman–Crippen MR) is 153 cm³/mol. The lowest BCUT2D eigenvalue weighted by Crippen LogP contribution is -2.59. The molecule has 4 fully saturated rings. The molecule has 10 heteroatoms. The van der Waals surface area contributed by atoms with Crippen LogP contribution < -0.4 is 16.4 Å². The molecule has 1 aliphatic heterocycles. The van der Waals surface area contributed by atoms with Crippen molar-refractivity contribution in [2.45, 2.75) is 130 Å². The summed E-state index contributed by atoms with van der Waals surface area (Å²) in [6, 6.07) is -2.79. The van der Waals surface area contributed by atoms with Crippen LogP contribution in [-0.2, 0) is 23.9 Å². The summed E-state index contributed by atoms with van der Waals surface area (Å²) in [6.45, 7) is 15.7. The lowest BCUT2D eigenvalue weighted by molar-refractivity contribution is -0.143. The van der Waals surface area contributed by atoms with Crippen LogP contribution >= 0.6 is 0 Å². The molecule has 230 valence electrons. The minimum atomic E-state index is -1.07. The summed E-state index contributed by atoms with van der Waals surface area (Å²) in [7, 11) is 0. The fourth-order valence-electron chi connectivity index (χ4n) is 8.04. The van der Waals surface area contributed by atoms with Crippen LogP contribution in [0.5, 0.6) is 0 Å². The van der Waals surface area contributed by atoms with Gasteiger partial charge in [-0.25, -0.2) is 4.79 Å². The molecule has 2 spiro atoms. The third-order valence-corrected chi connectivity index (χ3v) is 10.8. The van der Waals surface area contributed by atoms with Gasteiger partial charge in [-0.05, 0) is 68.6 Å². The molecular weight excluding hydrogens is 524 g/mol. The van der Waals surface area contributed by atoms with Crippen LogP contribution in [0, 0.1) is 27.6 Å². The zero-order valence-electron chi connectivity index (χ0n) is 26.1. The number of amides is 4. The van der Waals surface area contributed by atoms with Crippen molar-refractivity contribution in [3.8, 4) is 0 Å². The second-order valence-corrected chi connectivity index (χ2v) is 15.6. The molecule has 0 aromatic heterocycles. The van der Waals surface area contributed by atoms with Crippen LogP contribution in [0.15, 0.2) is 0 Å². The van der Waals surface area contributed by atoms with Gasteiger partial charge in [-0.15, -0.1) is 0 Å². The molecule has 4 aliphatic rings. The predicted octanol–water partition coefficient (Wildman–Crippen LogP) is 3.45. The van der Waals surface area contributed by atoms with Crippen molar-refractivity contribution in [2.75, 3.05) is 6.54 Å². The molecule has 1 unspecified atom stereocenters. The maximum atomic E-state index is 14.3. The van der Waals surface area contributed by atoms with Crippen molar-refractivity contribution >= 4 is 29.6 Å². The number of rotatable bonds is 8. The molecule has 0 aromatic rings. The standard InChI is InChI=1S/C31H50N4O6/c1-27(2,3)22(34-26(40)41-28(4,5)6)25(39)35-17-31(29(7,8)30(31)13-10-14-30)16-20(35)24(38)33-19(21(36)23(32)37)15-18-11-9-12-18/h18-20,22H,9-17H2,1-8H3,(H2,32,37)(H,33,38)(H,34,40)/t19?,20-,22+,31-/m0/s1. The Kier molecular flexibility index (Phi) is 7.83. The minimum Gasteiger partial charge on any atom is -0.444 e. The molecule has 1 saturated heterocycles. The largest absolute Gasteiger partial charge is 0.444 e. The summed E-state index contributed by atoms with van der Waals surface area (Å²) in [5.74, 6) is -2.43. The van der Waals surface area contributed by atoms with Crippen LogP contribution in [0.25, 0.3) is 0 Å². The SMILES string of the molecule is CC(C)(C)OC(=O)N[C@H](C(=O)N1C[C@@]2(C[C@H]1C(=O)NC(CC1CCC1)C(=O)C(N)=O)C(C)(C)C21CCC1)C(C)(C)C. The first-order valence-electron chi connectivity index (χ1n) is 15.2. The zero-order chi connectivity index (χ0) is 30.8. The lowest BCUT2D eigenvalue weighted by atomic mass is 9.73. The maximum absolute atomic E-state index is 14.3. The van der Waals surface area contributed by atoms with Gasteiger partial charge in [-0.3, -0.25) is 19.2 Å². The molecule has 4 amide bonds. The van der Waals surface area contributed by atoms with E-state index < -0.39 is 52.8 Å². The van der Waals surface area contributed by atoms with Crippen LogP contribution in [0.1, 0.15) is 107 Å². The molecule has 3 saturated carbocycles. The number of nitrogens with zero attached hydrogens (tertiary/aromatic N) is 1. The molecule has 41 heavy (non-hydrogen) atoms. The highest BCUT2D eigenvalue weighted by Crippen LogP contribution is 2.88. The Bertz CT molecular complexity index is 1110. The minimum absolute atomic E-state index is 0.0595. The van der Waals surface area contributed by atoms with Gasteiger partial charge in [0.05, 0.1) is 6.04 Å². The number of ketones is 1. The van der Waals surface area contributed by atoms with Crippen molar-refractivity contribution in [2.24, 2.45) is 33.3 Å². The van der Waals surface area contributed by atoms with E-state index in [1.807, 2.05) is 20.8 Å². The summed E-state index contributed by atoms with van der Waals surface area (Å²) in [5, 5.41) is 5.62. The van der Waals surface area contributed by atoms with Crippen LogP contribution in [-0.4, -0.2) is 64.8 Å². The molecule has 4 N–H and O–H groups in total. The van der Waals surface area contributed by atoms with Gasteiger partial charge in [0.2, 0.25) is 17.6 Å². The monoisotopic (exact) mass is 574 g/mol. The Morgan fingerprint density at radius 1 is 0.951 bits per heavy atom. The van der Waals surface area contributed by atoms with E-state index in [2.05, 4.69) is 24.5 Å². The van der Waals surface area contributed by atoms with Crippen LogP contribution in [0.3, 0.4) is 0 Å². The Balaban J connectivity index is 1.63. The van der Waals surface area contributed by atoms with Crippen LogP contribution in [0.2, 0.25) is 0 Å². The highest BCUT2D eigenvalue weighted by molar-refractivity contribution is 6.37. The molecule has 1 heterocycles. The quantitative estimate of drug-likeness (QED) is 0.378. The van der Waals surface area contributed by atoms with Crippen molar-refractivity contribution in [1.29, 1.82) is 0 Å². The average Bonchev–Trinajstić information content (AvgIpc) is 3.01. The number of hydrogen-bond donors (Lipinski definition) is 3. The topological polar surface area (TPSA) is 148 Å². The number of likely N-dealkylation sites (tertiary alicyclic amines) is 1. The third-order valence-electron chi connectivity index (χ3n) is 10.8. The van der Waals surface area contributed by atoms with Crippen molar-refractivity contribution in [3.63, 3.8) is 0 Å². The van der Waals surface area contributed by atoms with Gasteiger partial charge < -0.3 is 26.0 Å². The van der Waals surface area contributed by atoms with E-state index in [0.29, 0.717) is 19.4 Å². The molecule has 0 aromatic carbocycles. The van der Waals surface area contributed by atoms with Crippen LogP contribution in [0.4, 0.5) is 4.79 Å². The molecular formula is C31H50N4O6. The second-order valence-electron chi connectivity index (χ2n) is 15.6. The van der Waals surface area contributed by atoms with Gasteiger partial charge in [-0.1, -0.05) is 60.3 Å². The number of alkyl carbamates (subject to hydrolysis) is 1. The highest BCUT2D eigenvalue weighted by atomic mass is 16.6. The summed E-state index contributed by atoms with van der Waals surface area (Å²) in [5.41, 5.74) is 3.70.